The molecule has 1 heterocycles. The highest BCUT2D eigenvalue weighted by Gasteiger charge is 2.12. The van der Waals surface area contributed by atoms with E-state index in [4.69, 9.17) is 0 Å². The quantitative estimate of drug-likeness (QED) is 0.635. The maximum atomic E-state index is 10.9. The van der Waals surface area contributed by atoms with E-state index in [-0.39, 0.29) is 23.1 Å². The minimum absolute atomic E-state index is 0. The van der Waals surface area contributed by atoms with Crippen molar-refractivity contribution < 1.29 is 14.1 Å². The molecule has 0 aliphatic carbocycles. The van der Waals surface area contributed by atoms with Crippen molar-refractivity contribution in [3.8, 4) is 0 Å². The predicted octanol–water partition coefficient (Wildman–Crippen LogP) is 1.47. The van der Waals surface area contributed by atoms with Crippen LogP contribution in [0.1, 0.15) is 5.56 Å². The van der Waals surface area contributed by atoms with Gasteiger partial charge in [-0.25, -0.2) is 0 Å². The van der Waals surface area contributed by atoms with Crippen LogP contribution in [0, 0.1) is 6.92 Å². The first-order valence-corrected chi connectivity index (χ1v) is 3.30. The SMILES string of the molecule is Br.COC(=O)[n+]1cccc(C)c1. The number of hydrogen-bond donors (Lipinski definition) is 0. The monoisotopic (exact) mass is 232 g/mol. The van der Waals surface area contributed by atoms with Gasteiger partial charge in [-0.2, -0.15) is 4.79 Å². The fourth-order valence-electron chi connectivity index (χ4n) is 0.812. The average Bonchev–Trinajstić information content (AvgIpc) is 2.03. The summed E-state index contributed by atoms with van der Waals surface area (Å²) >= 11 is 0. The molecule has 0 fully saturated rings. The van der Waals surface area contributed by atoms with Crippen LogP contribution < -0.4 is 4.57 Å². The fraction of sp³-hybridized carbons (Fsp3) is 0.250. The molecule has 1 aromatic rings. The molecular weight excluding hydrogens is 222 g/mol. The van der Waals surface area contributed by atoms with Gasteiger partial charge in [-0.05, 0) is 13.0 Å². The van der Waals surface area contributed by atoms with E-state index in [1.54, 1.807) is 18.5 Å². The van der Waals surface area contributed by atoms with Gasteiger partial charge in [0.2, 0.25) is 0 Å². The van der Waals surface area contributed by atoms with Crippen molar-refractivity contribution in [1.29, 1.82) is 0 Å². The van der Waals surface area contributed by atoms with Crippen molar-refractivity contribution in [1.82, 2.24) is 0 Å². The molecule has 0 aliphatic rings. The molecule has 12 heavy (non-hydrogen) atoms. The minimum atomic E-state index is -0.367. The van der Waals surface area contributed by atoms with Crippen LogP contribution in [0.15, 0.2) is 24.5 Å². The normalized spacial score (nSPS) is 8.50. The molecule has 0 aromatic carbocycles. The van der Waals surface area contributed by atoms with Crippen LogP contribution in [0.25, 0.3) is 0 Å². The number of carbonyl (C=O) groups excluding carboxylic acids is 1. The standard InChI is InChI=1S/C8H10NO2.BrH/c1-7-4-3-5-9(6-7)8(10)11-2;/h3-6H,1-2H3;1H/q+1;. The topological polar surface area (TPSA) is 30.2 Å². The number of aryl methyl sites for hydroxylation is 1. The fourth-order valence-corrected chi connectivity index (χ4v) is 0.812. The zero-order valence-corrected chi connectivity index (χ0v) is 8.69. The highest BCUT2D eigenvalue weighted by molar-refractivity contribution is 8.93. The third-order valence-corrected chi connectivity index (χ3v) is 1.33. The van der Waals surface area contributed by atoms with Gasteiger partial charge in [0.05, 0.1) is 7.11 Å². The van der Waals surface area contributed by atoms with Gasteiger partial charge < -0.3 is 4.74 Å². The minimum Gasteiger partial charge on any atom is -0.415 e. The van der Waals surface area contributed by atoms with Crippen LogP contribution in [-0.4, -0.2) is 13.2 Å². The van der Waals surface area contributed by atoms with Crippen LogP contribution in [0.4, 0.5) is 4.79 Å². The molecule has 4 heteroatoms. The van der Waals surface area contributed by atoms with Crippen LogP contribution in [0.5, 0.6) is 0 Å². The third-order valence-electron chi connectivity index (χ3n) is 1.33. The Bertz CT molecular complexity index is 276. The Kier molecular flexibility index (Phi) is 4.51. The number of halogens is 1. The smallest absolute Gasteiger partial charge is 0.415 e. The molecule has 0 saturated heterocycles. The highest BCUT2D eigenvalue weighted by atomic mass is 79.9. The van der Waals surface area contributed by atoms with Gasteiger partial charge >= 0.3 is 6.09 Å². The van der Waals surface area contributed by atoms with E-state index in [0.717, 1.165) is 5.56 Å². The third kappa shape index (κ3) is 2.62. The molecule has 0 spiro atoms. The Balaban J connectivity index is 0.00000121. The van der Waals surface area contributed by atoms with Crippen molar-refractivity contribution in [2.24, 2.45) is 0 Å². The molecule has 0 unspecified atom stereocenters. The summed E-state index contributed by atoms with van der Waals surface area (Å²) in [7, 11) is 1.36. The first-order valence-electron chi connectivity index (χ1n) is 3.30. The first-order chi connectivity index (χ1) is 5.24. The molecule has 0 bridgehead atoms. The largest absolute Gasteiger partial charge is 0.601 e. The molecule has 3 nitrogen and oxygen atoms in total. The van der Waals surface area contributed by atoms with Crippen molar-refractivity contribution in [3.05, 3.63) is 30.1 Å². The van der Waals surface area contributed by atoms with E-state index in [2.05, 4.69) is 4.74 Å². The van der Waals surface area contributed by atoms with Crippen molar-refractivity contribution >= 4 is 23.1 Å². The van der Waals surface area contributed by atoms with Gasteiger partial charge in [0.25, 0.3) is 0 Å². The van der Waals surface area contributed by atoms with Crippen LogP contribution in [-0.2, 0) is 4.74 Å². The summed E-state index contributed by atoms with van der Waals surface area (Å²) in [6.45, 7) is 1.92. The summed E-state index contributed by atoms with van der Waals surface area (Å²) in [6, 6.07) is 3.71. The van der Waals surface area contributed by atoms with Gasteiger partial charge in [-0.15, -0.1) is 17.0 Å². The Morgan fingerprint density at radius 2 is 2.25 bits per heavy atom. The van der Waals surface area contributed by atoms with Gasteiger partial charge in [0.15, 0.2) is 12.4 Å². The molecule has 66 valence electrons. The number of aromatic nitrogens is 1. The molecule has 0 saturated carbocycles. The van der Waals surface area contributed by atoms with E-state index >= 15 is 0 Å². The lowest BCUT2D eigenvalue weighted by molar-refractivity contribution is -0.585. The van der Waals surface area contributed by atoms with E-state index in [9.17, 15) is 4.79 Å². The van der Waals surface area contributed by atoms with Crippen molar-refractivity contribution in [2.75, 3.05) is 7.11 Å². The van der Waals surface area contributed by atoms with E-state index in [1.807, 2.05) is 13.0 Å². The Morgan fingerprint density at radius 1 is 1.58 bits per heavy atom. The maximum absolute atomic E-state index is 10.9. The van der Waals surface area contributed by atoms with E-state index in [1.165, 1.54) is 11.7 Å². The lowest BCUT2D eigenvalue weighted by Crippen LogP contribution is -2.42. The number of rotatable bonds is 0. The van der Waals surface area contributed by atoms with E-state index in [0.29, 0.717) is 0 Å². The van der Waals surface area contributed by atoms with Gasteiger partial charge in [0, 0.05) is 11.6 Å². The summed E-state index contributed by atoms with van der Waals surface area (Å²) < 4.78 is 5.91. The molecule has 0 atom stereocenters. The second-order valence-corrected chi connectivity index (χ2v) is 2.26. The molecule has 1 rings (SSSR count). The van der Waals surface area contributed by atoms with Crippen molar-refractivity contribution in [3.63, 3.8) is 0 Å². The summed E-state index contributed by atoms with van der Waals surface area (Å²) in [5.41, 5.74) is 1.03. The van der Waals surface area contributed by atoms with Gasteiger partial charge in [-0.1, -0.05) is 4.57 Å². The lowest BCUT2D eigenvalue weighted by atomic mass is 10.3. The lowest BCUT2D eigenvalue weighted by Gasteiger charge is -1.91. The number of ether oxygens (including phenoxy) is 1. The molecule has 0 radical (unpaired) electrons. The Labute approximate surface area is 81.7 Å². The average molecular weight is 233 g/mol. The molecule has 1 aromatic heterocycles. The second kappa shape index (κ2) is 4.87. The predicted molar refractivity (Wildman–Crippen MR) is 49.5 cm³/mol. The Hall–Kier alpha value is -0.900. The Morgan fingerprint density at radius 3 is 2.75 bits per heavy atom. The summed E-state index contributed by atoms with van der Waals surface area (Å²) in [4.78, 5) is 10.9. The number of carbonyl (C=O) groups is 1. The molecular formula is C8H11BrNO2+. The number of hydrogen-bond acceptors (Lipinski definition) is 2. The first kappa shape index (κ1) is 11.1. The van der Waals surface area contributed by atoms with E-state index < -0.39 is 0 Å². The summed E-state index contributed by atoms with van der Waals surface area (Å²) in [5.74, 6) is 0. The zero-order valence-electron chi connectivity index (χ0n) is 6.98. The number of methoxy groups -OCH3 is 1. The molecule has 0 N–H and O–H groups in total. The number of pyridine rings is 1. The number of nitrogens with zero attached hydrogens (tertiary/aromatic N) is 1. The maximum Gasteiger partial charge on any atom is 0.601 e. The van der Waals surface area contributed by atoms with Crippen LogP contribution >= 0.6 is 17.0 Å². The summed E-state index contributed by atoms with van der Waals surface area (Å²) in [5, 5.41) is 0. The second-order valence-electron chi connectivity index (χ2n) is 2.26. The zero-order chi connectivity index (χ0) is 8.27. The van der Waals surface area contributed by atoms with Gasteiger partial charge in [-0.3, -0.25) is 0 Å². The summed E-state index contributed by atoms with van der Waals surface area (Å²) in [6.07, 6.45) is 3.00. The molecule has 0 amide bonds. The highest BCUT2D eigenvalue weighted by Crippen LogP contribution is 1.89. The van der Waals surface area contributed by atoms with Crippen LogP contribution in [0.3, 0.4) is 0 Å². The van der Waals surface area contributed by atoms with Crippen molar-refractivity contribution in [2.45, 2.75) is 6.92 Å². The molecule has 0 aliphatic heterocycles. The van der Waals surface area contributed by atoms with Crippen LogP contribution in [0.2, 0.25) is 0 Å². The van der Waals surface area contributed by atoms with Gasteiger partial charge in [0.1, 0.15) is 0 Å².